The number of rotatable bonds is 7. The molecule has 1 heterocycles. The van der Waals surface area contributed by atoms with E-state index in [1.807, 2.05) is 0 Å². The predicted octanol–water partition coefficient (Wildman–Crippen LogP) is 1.92. The van der Waals surface area contributed by atoms with E-state index in [9.17, 15) is 17.6 Å². The molecule has 9 heteroatoms. The lowest BCUT2D eigenvalue weighted by Gasteiger charge is -2.26. The van der Waals surface area contributed by atoms with Crippen molar-refractivity contribution in [3.8, 4) is 0 Å². The zero-order valence-electron chi connectivity index (χ0n) is 16.2. The van der Waals surface area contributed by atoms with Crippen LogP contribution in [-0.2, 0) is 26.1 Å². The van der Waals surface area contributed by atoms with Gasteiger partial charge in [0.25, 0.3) is 0 Å². The maximum Gasteiger partial charge on any atom is 0.243 e. The third kappa shape index (κ3) is 5.60. The molecule has 2 aromatic carbocycles. The summed E-state index contributed by atoms with van der Waals surface area (Å²) < 4.78 is 45.5. The second kappa shape index (κ2) is 9.45. The van der Waals surface area contributed by atoms with Crippen molar-refractivity contribution in [1.29, 1.82) is 0 Å². The van der Waals surface area contributed by atoms with E-state index in [1.165, 1.54) is 22.5 Å². The summed E-state index contributed by atoms with van der Waals surface area (Å²) in [6.45, 7) is 1.80. The average Bonchev–Trinajstić information content (AvgIpc) is 2.70. The maximum atomic E-state index is 13.7. The summed E-state index contributed by atoms with van der Waals surface area (Å²) in [6, 6.07) is 12.5. The maximum absolute atomic E-state index is 13.7. The molecule has 1 aliphatic rings. The molecule has 2 aromatic rings. The molecule has 1 saturated heterocycles. The molecule has 0 radical (unpaired) electrons. The SMILES string of the molecule is CN(CC(=O)Nc1ccc(S(=O)(=O)N2CCOCC2)cc1)Cc1ccccc1F. The molecular weight excluding hydrogens is 397 g/mol. The number of carbonyl (C=O) groups is 1. The van der Waals surface area contributed by atoms with E-state index in [1.54, 1.807) is 42.3 Å². The largest absolute Gasteiger partial charge is 0.379 e. The summed E-state index contributed by atoms with van der Waals surface area (Å²) in [6.07, 6.45) is 0. The van der Waals surface area contributed by atoms with E-state index in [-0.39, 0.29) is 23.2 Å². The Balaban J connectivity index is 1.56. The molecule has 0 aromatic heterocycles. The number of nitrogens with zero attached hydrogens (tertiary/aromatic N) is 2. The van der Waals surface area contributed by atoms with Gasteiger partial charge in [-0.2, -0.15) is 4.31 Å². The minimum atomic E-state index is -3.57. The Morgan fingerprint density at radius 3 is 2.45 bits per heavy atom. The Labute approximate surface area is 170 Å². The molecule has 1 fully saturated rings. The van der Waals surface area contributed by atoms with Crippen LogP contribution in [-0.4, -0.2) is 63.4 Å². The number of morpholine rings is 1. The highest BCUT2D eigenvalue weighted by molar-refractivity contribution is 7.89. The first-order valence-electron chi connectivity index (χ1n) is 9.26. The second-order valence-corrected chi connectivity index (χ2v) is 8.79. The first-order valence-corrected chi connectivity index (χ1v) is 10.7. The molecule has 1 amide bonds. The van der Waals surface area contributed by atoms with Crippen LogP contribution in [0.15, 0.2) is 53.4 Å². The minimum absolute atomic E-state index is 0.0716. The number of hydrogen-bond acceptors (Lipinski definition) is 5. The van der Waals surface area contributed by atoms with Gasteiger partial charge in [0, 0.05) is 30.9 Å². The number of sulfonamides is 1. The van der Waals surface area contributed by atoms with Gasteiger partial charge in [-0.25, -0.2) is 12.8 Å². The smallest absolute Gasteiger partial charge is 0.243 e. The monoisotopic (exact) mass is 421 g/mol. The summed E-state index contributed by atoms with van der Waals surface area (Å²) in [7, 11) is -1.84. The van der Waals surface area contributed by atoms with E-state index >= 15 is 0 Å². The van der Waals surface area contributed by atoms with Gasteiger partial charge in [-0.1, -0.05) is 18.2 Å². The minimum Gasteiger partial charge on any atom is -0.379 e. The lowest BCUT2D eigenvalue weighted by Crippen LogP contribution is -2.40. The Hall–Kier alpha value is -2.33. The van der Waals surface area contributed by atoms with Gasteiger partial charge < -0.3 is 10.1 Å². The highest BCUT2D eigenvalue weighted by Gasteiger charge is 2.26. The molecule has 0 atom stereocenters. The van der Waals surface area contributed by atoms with Crippen molar-refractivity contribution in [1.82, 2.24) is 9.21 Å². The summed E-state index contributed by atoms with van der Waals surface area (Å²) in [5, 5.41) is 2.73. The molecule has 1 N–H and O–H groups in total. The zero-order chi connectivity index (χ0) is 20.9. The topological polar surface area (TPSA) is 79.0 Å². The van der Waals surface area contributed by atoms with Crippen LogP contribution in [0, 0.1) is 5.82 Å². The van der Waals surface area contributed by atoms with E-state index in [0.717, 1.165) is 0 Å². The number of halogens is 1. The number of carbonyl (C=O) groups excluding carboxylic acids is 1. The zero-order valence-corrected chi connectivity index (χ0v) is 17.0. The summed E-state index contributed by atoms with van der Waals surface area (Å²) in [5.74, 6) is -0.579. The second-order valence-electron chi connectivity index (χ2n) is 6.85. The van der Waals surface area contributed by atoms with Gasteiger partial charge in [0.05, 0.1) is 24.7 Å². The lowest BCUT2D eigenvalue weighted by molar-refractivity contribution is -0.117. The van der Waals surface area contributed by atoms with Gasteiger partial charge in [-0.15, -0.1) is 0 Å². The number of amides is 1. The molecular formula is C20H24FN3O4S. The van der Waals surface area contributed by atoms with Crippen LogP contribution in [0.3, 0.4) is 0 Å². The summed E-state index contributed by atoms with van der Waals surface area (Å²) in [4.78, 5) is 14.1. The third-order valence-corrected chi connectivity index (χ3v) is 6.47. The van der Waals surface area contributed by atoms with Gasteiger partial charge in [-0.3, -0.25) is 9.69 Å². The van der Waals surface area contributed by atoms with Crippen LogP contribution in [0.2, 0.25) is 0 Å². The summed E-state index contributed by atoms with van der Waals surface area (Å²) >= 11 is 0. The van der Waals surface area contributed by atoms with Gasteiger partial charge in [0.2, 0.25) is 15.9 Å². The number of likely N-dealkylation sites (N-methyl/N-ethyl adjacent to an activating group) is 1. The van der Waals surface area contributed by atoms with Gasteiger partial charge >= 0.3 is 0 Å². The molecule has 0 unspecified atom stereocenters. The van der Waals surface area contributed by atoms with Crippen molar-refractivity contribution >= 4 is 21.6 Å². The van der Waals surface area contributed by atoms with E-state index in [0.29, 0.717) is 44.1 Å². The Kier molecular flexibility index (Phi) is 6.96. The number of hydrogen-bond donors (Lipinski definition) is 1. The van der Waals surface area contributed by atoms with Crippen molar-refractivity contribution < 1.29 is 22.3 Å². The van der Waals surface area contributed by atoms with Gasteiger partial charge in [0.1, 0.15) is 5.82 Å². The van der Waals surface area contributed by atoms with E-state index < -0.39 is 10.0 Å². The number of ether oxygens (including phenoxy) is 1. The van der Waals surface area contributed by atoms with Crippen LogP contribution in [0.1, 0.15) is 5.56 Å². The normalized spacial score (nSPS) is 15.4. The van der Waals surface area contributed by atoms with Crippen LogP contribution in [0.25, 0.3) is 0 Å². The molecule has 156 valence electrons. The van der Waals surface area contributed by atoms with Crippen molar-refractivity contribution in [2.24, 2.45) is 0 Å². The molecule has 0 aliphatic carbocycles. The fraction of sp³-hybridized carbons (Fsp3) is 0.350. The van der Waals surface area contributed by atoms with E-state index in [4.69, 9.17) is 4.74 Å². The molecule has 0 spiro atoms. The predicted molar refractivity (Wildman–Crippen MR) is 107 cm³/mol. The fourth-order valence-corrected chi connectivity index (χ4v) is 4.47. The van der Waals surface area contributed by atoms with Crippen molar-refractivity contribution in [2.45, 2.75) is 11.4 Å². The van der Waals surface area contributed by atoms with Crippen LogP contribution in [0.4, 0.5) is 10.1 Å². The lowest BCUT2D eigenvalue weighted by atomic mass is 10.2. The quantitative estimate of drug-likeness (QED) is 0.739. The first-order chi connectivity index (χ1) is 13.9. The Morgan fingerprint density at radius 1 is 1.14 bits per heavy atom. The average molecular weight is 421 g/mol. The van der Waals surface area contributed by atoms with Crippen LogP contribution in [0.5, 0.6) is 0 Å². The van der Waals surface area contributed by atoms with Crippen LogP contribution >= 0.6 is 0 Å². The molecule has 0 bridgehead atoms. The van der Waals surface area contributed by atoms with Gasteiger partial charge in [0.15, 0.2) is 0 Å². The third-order valence-electron chi connectivity index (χ3n) is 4.56. The molecule has 29 heavy (non-hydrogen) atoms. The highest BCUT2D eigenvalue weighted by Crippen LogP contribution is 2.19. The van der Waals surface area contributed by atoms with Crippen molar-refractivity contribution in [2.75, 3.05) is 45.2 Å². The Bertz CT molecular complexity index is 944. The van der Waals surface area contributed by atoms with Crippen LogP contribution < -0.4 is 5.32 Å². The number of nitrogens with one attached hydrogen (secondary N) is 1. The standard InChI is InChI=1S/C20H24FN3O4S/c1-23(14-16-4-2-3-5-19(16)21)15-20(25)22-17-6-8-18(9-7-17)29(26,27)24-10-12-28-13-11-24/h2-9H,10-15H2,1H3,(H,22,25). The first kappa shape index (κ1) is 21.4. The Morgan fingerprint density at radius 2 is 1.79 bits per heavy atom. The summed E-state index contributed by atoms with van der Waals surface area (Å²) in [5.41, 5.74) is 1.01. The molecule has 3 rings (SSSR count). The molecule has 0 saturated carbocycles. The molecule has 7 nitrogen and oxygen atoms in total. The van der Waals surface area contributed by atoms with Gasteiger partial charge in [-0.05, 0) is 37.4 Å². The fourth-order valence-electron chi connectivity index (χ4n) is 3.07. The van der Waals surface area contributed by atoms with E-state index in [2.05, 4.69) is 5.32 Å². The molecule has 1 aliphatic heterocycles. The van der Waals surface area contributed by atoms with Crippen molar-refractivity contribution in [3.05, 3.63) is 59.9 Å². The number of anilines is 1. The number of benzene rings is 2. The highest BCUT2D eigenvalue weighted by atomic mass is 32.2. The van der Waals surface area contributed by atoms with Crippen molar-refractivity contribution in [3.63, 3.8) is 0 Å².